The fourth-order valence-corrected chi connectivity index (χ4v) is 5.01. The summed E-state index contributed by atoms with van der Waals surface area (Å²) in [7, 11) is 1.84. The van der Waals surface area contributed by atoms with Crippen LogP contribution in [0.5, 0.6) is 0 Å². The molecule has 6 rings (SSSR count). The Morgan fingerprint density at radius 1 is 1.03 bits per heavy atom. The van der Waals surface area contributed by atoms with Crippen molar-refractivity contribution in [2.45, 2.75) is 18.8 Å². The van der Waals surface area contributed by atoms with Crippen LogP contribution < -0.4 is 17.0 Å². The summed E-state index contributed by atoms with van der Waals surface area (Å²) in [6.07, 6.45) is 3.99. The van der Waals surface area contributed by atoms with Crippen molar-refractivity contribution in [1.82, 2.24) is 23.9 Å². The van der Waals surface area contributed by atoms with Crippen molar-refractivity contribution >= 4 is 38.3 Å². The Morgan fingerprint density at radius 3 is 2.52 bits per heavy atom. The number of hydrogen-bond donors (Lipinski definition) is 1. The molecule has 0 radical (unpaired) electrons. The molecular weight excluding hydrogens is 412 g/mol. The number of thiazole rings is 1. The van der Waals surface area contributed by atoms with E-state index in [1.54, 1.807) is 35.0 Å². The summed E-state index contributed by atoms with van der Waals surface area (Å²) in [4.78, 5) is 31.8. The second-order valence-electron chi connectivity index (χ2n) is 7.88. The molecule has 3 heterocycles. The van der Waals surface area contributed by atoms with Crippen LogP contribution in [0.15, 0.2) is 58.3 Å². The number of benzene rings is 2. The monoisotopic (exact) mass is 430 g/mol. The van der Waals surface area contributed by atoms with Crippen molar-refractivity contribution < 1.29 is 0 Å². The minimum atomic E-state index is -0.460. The average Bonchev–Trinajstić information content (AvgIpc) is 3.39. The molecule has 1 saturated carbocycles. The van der Waals surface area contributed by atoms with Gasteiger partial charge in [-0.2, -0.15) is 5.10 Å². The first kappa shape index (κ1) is 18.1. The molecular formula is C22H18N6O2S. The van der Waals surface area contributed by atoms with E-state index in [9.17, 15) is 9.59 Å². The van der Waals surface area contributed by atoms with Crippen molar-refractivity contribution in [3.63, 3.8) is 0 Å². The molecule has 1 aliphatic rings. The quantitative estimate of drug-likeness (QED) is 0.444. The van der Waals surface area contributed by atoms with E-state index in [0.717, 1.165) is 28.8 Å². The van der Waals surface area contributed by atoms with Crippen molar-refractivity contribution in [2.75, 3.05) is 5.73 Å². The van der Waals surface area contributed by atoms with E-state index in [0.29, 0.717) is 33.3 Å². The lowest BCUT2D eigenvalue weighted by atomic mass is 10.2. The van der Waals surface area contributed by atoms with Crippen LogP contribution in [0.4, 0.5) is 5.69 Å². The van der Waals surface area contributed by atoms with Crippen molar-refractivity contribution in [2.24, 2.45) is 7.05 Å². The summed E-state index contributed by atoms with van der Waals surface area (Å²) in [5, 5.41) is 6.14. The van der Waals surface area contributed by atoms with Gasteiger partial charge in [0.05, 0.1) is 21.9 Å². The lowest BCUT2D eigenvalue weighted by molar-refractivity contribution is 0.780. The van der Waals surface area contributed by atoms with Gasteiger partial charge >= 0.3 is 5.69 Å². The summed E-state index contributed by atoms with van der Waals surface area (Å²) in [6, 6.07) is 12.4. The van der Waals surface area contributed by atoms with Gasteiger partial charge in [-0.3, -0.25) is 9.48 Å². The summed E-state index contributed by atoms with van der Waals surface area (Å²) < 4.78 is 4.91. The van der Waals surface area contributed by atoms with Gasteiger partial charge in [-0.1, -0.05) is 0 Å². The van der Waals surface area contributed by atoms with Crippen LogP contribution in [-0.2, 0) is 7.05 Å². The maximum absolute atomic E-state index is 13.7. The van der Waals surface area contributed by atoms with Gasteiger partial charge in [0.2, 0.25) is 0 Å². The summed E-state index contributed by atoms with van der Waals surface area (Å²) in [6.45, 7) is 0. The second-order valence-corrected chi connectivity index (χ2v) is 8.91. The summed E-state index contributed by atoms with van der Waals surface area (Å²) >= 11 is 1.39. The van der Waals surface area contributed by atoms with Gasteiger partial charge in [0.1, 0.15) is 4.70 Å². The molecule has 1 aliphatic carbocycles. The Kier molecular flexibility index (Phi) is 3.73. The third kappa shape index (κ3) is 2.81. The molecule has 3 aromatic heterocycles. The van der Waals surface area contributed by atoms with Crippen molar-refractivity contribution in [3.8, 4) is 11.4 Å². The van der Waals surface area contributed by atoms with Crippen molar-refractivity contribution in [3.05, 3.63) is 74.5 Å². The number of fused-ring (bicyclic) bond motifs is 2. The fourth-order valence-electron chi connectivity index (χ4n) is 3.86. The first-order valence-electron chi connectivity index (χ1n) is 9.98. The molecule has 0 atom stereocenters. The average molecular weight is 430 g/mol. The molecule has 2 N–H and O–H groups in total. The van der Waals surface area contributed by atoms with Crippen molar-refractivity contribution in [1.29, 1.82) is 0 Å². The van der Waals surface area contributed by atoms with E-state index in [4.69, 9.17) is 10.7 Å². The largest absolute Gasteiger partial charge is 0.399 e. The molecule has 8 nitrogen and oxygen atoms in total. The molecule has 2 aromatic carbocycles. The number of rotatable bonds is 3. The third-order valence-corrected chi connectivity index (χ3v) is 6.75. The van der Waals surface area contributed by atoms with E-state index in [1.165, 1.54) is 20.5 Å². The molecule has 0 bridgehead atoms. The Hall–Kier alpha value is -3.72. The molecule has 9 heteroatoms. The molecule has 5 aromatic rings. The molecule has 1 fully saturated rings. The Bertz CT molecular complexity index is 1600. The van der Waals surface area contributed by atoms with E-state index < -0.39 is 5.69 Å². The first-order chi connectivity index (χ1) is 15.0. The SMILES string of the molecule is Cn1cc2cc(-n3c(=O)c4sc(C5CC5)nc4n(-c4ccc(N)cc4)c3=O)ccc2n1. The van der Waals surface area contributed by atoms with Crippen LogP contribution in [-0.4, -0.2) is 23.9 Å². The zero-order chi connectivity index (χ0) is 21.3. The van der Waals surface area contributed by atoms with Crippen LogP contribution in [0.2, 0.25) is 0 Å². The molecule has 31 heavy (non-hydrogen) atoms. The zero-order valence-corrected chi connectivity index (χ0v) is 17.5. The maximum atomic E-state index is 13.7. The highest BCUT2D eigenvalue weighted by Gasteiger charge is 2.29. The van der Waals surface area contributed by atoms with Crippen LogP contribution >= 0.6 is 11.3 Å². The molecule has 0 amide bonds. The highest BCUT2D eigenvalue weighted by atomic mass is 32.1. The van der Waals surface area contributed by atoms with E-state index in [2.05, 4.69) is 5.10 Å². The van der Waals surface area contributed by atoms with Crippen LogP contribution in [0.1, 0.15) is 23.8 Å². The number of nitrogens with two attached hydrogens (primary N) is 1. The number of aryl methyl sites for hydroxylation is 1. The van der Waals surface area contributed by atoms with Crippen LogP contribution in [0, 0.1) is 0 Å². The number of nitrogens with zero attached hydrogens (tertiary/aromatic N) is 5. The Balaban J connectivity index is 1.70. The molecule has 0 saturated heterocycles. The number of aromatic nitrogens is 5. The highest BCUT2D eigenvalue weighted by molar-refractivity contribution is 7.18. The predicted octanol–water partition coefficient (Wildman–Crippen LogP) is 2.94. The highest BCUT2D eigenvalue weighted by Crippen LogP contribution is 2.42. The molecule has 0 spiro atoms. The smallest absolute Gasteiger partial charge is 0.342 e. The maximum Gasteiger partial charge on any atom is 0.342 e. The topological polar surface area (TPSA) is 101 Å². The molecule has 0 unspecified atom stereocenters. The lowest BCUT2D eigenvalue weighted by Gasteiger charge is -2.11. The molecule has 154 valence electrons. The fraction of sp³-hybridized carbons (Fsp3) is 0.182. The van der Waals surface area contributed by atoms with Crippen LogP contribution in [0.25, 0.3) is 32.6 Å². The Labute approximate surface area is 179 Å². The van der Waals surface area contributed by atoms with E-state index in [-0.39, 0.29) is 5.56 Å². The summed E-state index contributed by atoms with van der Waals surface area (Å²) in [5.74, 6) is 0.381. The summed E-state index contributed by atoms with van der Waals surface area (Å²) in [5.41, 5.74) is 7.96. The van der Waals surface area contributed by atoms with Gasteiger partial charge in [0.25, 0.3) is 5.56 Å². The lowest BCUT2D eigenvalue weighted by Crippen LogP contribution is -2.38. The van der Waals surface area contributed by atoms with Gasteiger partial charge in [-0.15, -0.1) is 11.3 Å². The van der Waals surface area contributed by atoms with Gasteiger partial charge in [-0.25, -0.2) is 18.9 Å². The standard InChI is InChI=1S/C22H18N6O2S/c1-26-11-13-10-16(8-9-17(13)25-26)28-21(29)18-19(24-20(31-18)12-2-3-12)27(22(28)30)15-6-4-14(23)5-7-15/h4-12H,2-3,23H2,1H3. The third-order valence-electron chi connectivity index (χ3n) is 5.56. The van der Waals surface area contributed by atoms with Gasteiger partial charge in [0.15, 0.2) is 5.65 Å². The predicted molar refractivity (Wildman–Crippen MR) is 121 cm³/mol. The minimum absolute atomic E-state index is 0.348. The second kappa shape index (κ2) is 6.39. The number of nitrogen functional groups attached to an aromatic ring is 1. The number of hydrogen-bond acceptors (Lipinski definition) is 6. The Morgan fingerprint density at radius 2 is 1.77 bits per heavy atom. The van der Waals surface area contributed by atoms with E-state index in [1.807, 2.05) is 25.4 Å². The zero-order valence-electron chi connectivity index (χ0n) is 16.6. The normalized spacial score (nSPS) is 14.0. The van der Waals surface area contributed by atoms with Crippen LogP contribution in [0.3, 0.4) is 0 Å². The van der Waals surface area contributed by atoms with Gasteiger partial charge in [0, 0.05) is 30.2 Å². The number of anilines is 1. The first-order valence-corrected chi connectivity index (χ1v) is 10.8. The van der Waals surface area contributed by atoms with Gasteiger partial charge in [-0.05, 0) is 55.3 Å². The van der Waals surface area contributed by atoms with E-state index >= 15 is 0 Å². The van der Waals surface area contributed by atoms with Gasteiger partial charge < -0.3 is 5.73 Å². The minimum Gasteiger partial charge on any atom is -0.399 e. The molecule has 0 aliphatic heterocycles.